The number of nitrogens with one attached hydrogen (secondary N) is 3. The molecule has 1 aliphatic rings. The van der Waals surface area contributed by atoms with Crippen LogP contribution < -0.4 is 16.0 Å². The van der Waals surface area contributed by atoms with Crippen LogP contribution in [0, 0.1) is 0 Å². The summed E-state index contributed by atoms with van der Waals surface area (Å²) in [4.78, 5) is 23.5. The summed E-state index contributed by atoms with van der Waals surface area (Å²) >= 11 is 0. The van der Waals surface area contributed by atoms with Gasteiger partial charge in [-0.15, -0.1) is 0 Å². The Balaban J connectivity index is 1.26. The lowest BCUT2D eigenvalue weighted by Gasteiger charge is -2.26. The molecule has 0 atom stereocenters. The highest BCUT2D eigenvalue weighted by Crippen LogP contribution is 2.32. The number of rotatable bonds is 6. The first-order chi connectivity index (χ1) is 18.3. The van der Waals surface area contributed by atoms with Crippen molar-refractivity contribution in [2.75, 3.05) is 29.0 Å². The zero-order chi connectivity index (χ0) is 26.5. The van der Waals surface area contributed by atoms with Gasteiger partial charge in [0.15, 0.2) is 0 Å². The van der Waals surface area contributed by atoms with E-state index in [1.54, 1.807) is 18.2 Å². The van der Waals surface area contributed by atoms with Crippen molar-refractivity contribution in [3.05, 3.63) is 84.2 Å². The summed E-state index contributed by atoms with van der Waals surface area (Å²) in [5.41, 5.74) is 2.40. The molecule has 5 rings (SSSR count). The minimum absolute atomic E-state index is 0.236. The van der Waals surface area contributed by atoms with Gasteiger partial charge >= 0.3 is 12.2 Å². The molecule has 0 bridgehead atoms. The number of carbonyl (C=O) groups is 1. The summed E-state index contributed by atoms with van der Waals surface area (Å²) in [7, 11) is 0. The molecule has 10 heteroatoms. The smallest absolute Gasteiger partial charge is 0.340 e. The first kappa shape index (κ1) is 25.5. The fraction of sp³-hybridized carbons (Fsp3) is 0.250. The molecule has 1 aromatic heterocycles. The number of likely N-dealkylation sites (tertiary alicyclic amines) is 1. The molecule has 2 heterocycles. The molecule has 0 unspecified atom stereocenters. The topological polar surface area (TPSA) is 82.2 Å². The quantitative estimate of drug-likeness (QED) is 0.254. The number of hydrogen-bond acceptors (Lipinski definition) is 5. The van der Waals surface area contributed by atoms with Crippen molar-refractivity contribution in [1.82, 2.24) is 14.9 Å². The third-order valence-corrected chi connectivity index (χ3v) is 6.41. The van der Waals surface area contributed by atoms with Crippen molar-refractivity contribution < 1.29 is 18.0 Å². The molecular weight excluding hydrogens is 493 g/mol. The van der Waals surface area contributed by atoms with E-state index in [4.69, 9.17) is 0 Å². The molecule has 1 aliphatic heterocycles. The van der Waals surface area contributed by atoms with Gasteiger partial charge in [0.1, 0.15) is 12.1 Å². The predicted octanol–water partition coefficient (Wildman–Crippen LogP) is 7.02. The van der Waals surface area contributed by atoms with Gasteiger partial charge < -0.3 is 16.0 Å². The van der Waals surface area contributed by atoms with E-state index in [0.29, 0.717) is 28.1 Å². The SMILES string of the molecule is O=C(Nc1ccc(CN2CCCCC2)cc1)Nc1ccc2ncnc(Nc3cccc(C(F)(F)F)c3)c2c1. The minimum Gasteiger partial charge on any atom is -0.340 e. The van der Waals surface area contributed by atoms with Gasteiger partial charge in [0.2, 0.25) is 0 Å². The highest BCUT2D eigenvalue weighted by molar-refractivity contribution is 6.02. The Morgan fingerprint density at radius 1 is 0.842 bits per heavy atom. The van der Waals surface area contributed by atoms with Crippen molar-refractivity contribution in [1.29, 1.82) is 0 Å². The van der Waals surface area contributed by atoms with Crippen LogP contribution in [-0.4, -0.2) is 34.0 Å². The van der Waals surface area contributed by atoms with Gasteiger partial charge in [0.05, 0.1) is 11.1 Å². The fourth-order valence-electron chi connectivity index (χ4n) is 4.51. The second-order valence-corrected chi connectivity index (χ2v) is 9.27. The maximum Gasteiger partial charge on any atom is 0.416 e. The van der Waals surface area contributed by atoms with Crippen LogP contribution in [0.3, 0.4) is 0 Å². The molecule has 0 spiro atoms. The van der Waals surface area contributed by atoms with Crippen molar-refractivity contribution in [3.8, 4) is 0 Å². The van der Waals surface area contributed by atoms with Gasteiger partial charge in [-0.3, -0.25) is 4.90 Å². The second-order valence-electron chi connectivity index (χ2n) is 9.27. The van der Waals surface area contributed by atoms with E-state index in [2.05, 4.69) is 30.8 Å². The molecule has 3 aromatic carbocycles. The van der Waals surface area contributed by atoms with Crippen LogP contribution in [0.1, 0.15) is 30.4 Å². The van der Waals surface area contributed by atoms with E-state index >= 15 is 0 Å². The third-order valence-electron chi connectivity index (χ3n) is 6.41. The number of benzene rings is 3. The van der Waals surface area contributed by atoms with E-state index in [9.17, 15) is 18.0 Å². The lowest BCUT2D eigenvalue weighted by atomic mass is 10.1. The summed E-state index contributed by atoms with van der Waals surface area (Å²) in [5, 5.41) is 9.10. The highest BCUT2D eigenvalue weighted by atomic mass is 19.4. The molecule has 7 nitrogen and oxygen atoms in total. The van der Waals surface area contributed by atoms with Gasteiger partial charge in [-0.2, -0.15) is 13.2 Å². The second kappa shape index (κ2) is 11.1. The van der Waals surface area contributed by atoms with Crippen molar-refractivity contribution in [2.45, 2.75) is 32.0 Å². The lowest BCUT2D eigenvalue weighted by Crippen LogP contribution is -2.29. The molecule has 0 saturated carbocycles. The zero-order valence-electron chi connectivity index (χ0n) is 20.6. The van der Waals surface area contributed by atoms with Crippen molar-refractivity contribution in [3.63, 3.8) is 0 Å². The third kappa shape index (κ3) is 6.38. The maximum absolute atomic E-state index is 13.1. The van der Waals surface area contributed by atoms with Gasteiger partial charge in [-0.25, -0.2) is 14.8 Å². The van der Waals surface area contributed by atoms with E-state index in [1.165, 1.54) is 43.3 Å². The van der Waals surface area contributed by atoms with Crippen LogP contribution in [-0.2, 0) is 12.7 Å². The number of piperidine rings is 1. The molecule has 0 aliphatic carbocycles. The molecule has 38 heavy (non-hydrogen) atoms. The van der Waals surface area contributed by atoms with E-state index in [0.717, 1.165) is 31.8 Å². The maximum atomic E-state index is 13.1. The fourth-order valence-corrected chi connectivity index (χ4v) is 4.51. The number of anilines is 4. The Kier molecular flexibility index (Phi) is 7.41. The van der Waals surface area contributed by atoms with Gasteiger partial charge in [0, 0.05) is 29.0 Å². The molecule has 1 saturated heterocycles. The number of carbonyl (C=O) groups excluding carboxylic acids is 1. The Hall–Kier alpha value is -4.18. The Labute approximate surface area is 218 Å². The molecule has 3 N–H and O–H groups in total. The zero-order valence-corrected chi connectivity index (χ0v) is 20.6. The summed E-state index contributed by atoms with van der Waals surface area (Å²) in [6, 6.07) is 17.3. The number of urea groups is 1. The first-order valence-electron chi connectivity index (χ1n) is 12.4. The average Bonchev–Trinajstić information content (AvgIpc) is 2.90. The van der Waals surface area contributed by atoms with Crippen molar-refractivity contribution >= 4 is 39.8 Å². The van der Waals surface area contributed by atoms with Crippen LogP contribution in [0.2, 0.25) is 0 Å². The summed E-state index contributed by atoms with van der Waals surface area (Å²) in [6.45, 7) is 3.15. The molecular formula is C28H27F3N6O. The van der Waals surface area contributed by atoms with Crippen LogP contribution in [0.15, 0.2) is 73.1 Å². The standard InChI is InChI=1S/C28H27F3N6O/c29-28(30,31)20-5-4-6-22(15-20)34-26-24-16-23(11-12-25(24)32-18-33-26)36-27(38)35-21-9-7-19(8-10-21)17-37-13-2-1-3-14-37/h4-12,15-16,18H,1-3,13-14,17H2,(H,32,33,34)(H2,35,36,38). The predicted molar refractivity (Wildman–Crippen MR) is 142 cm³/mol. The molecule has 0 radical (unpaired) electrons. The Morgan fingerprint density at radius 2 is 1.58 bits per heavy atom. The first-order valence-corrected chi connectivity index (χ1v) is 12.4. The molecule has 196 valence electrons. The minimum atomic E-state index is -4.45. The van der Waals surface area contributed by atoms with E-state index < -0.39 is 17.8 Å². The van der Waals surface area contributed by atoms with Gasteiger partial charge in [0.25, 0.3) is 0 Å². The van der Waals surface area contributed by atoms with Crippen LogP contribution in [0.5, 0.6) is 0 Å². The largest absolute Gasteiger partial charge is 0.416 e. The molecule has 4 aromatic rings. The number of nitrogens with zero attached hydrogens (tertiary/aromatic N) is 3. The Morgan fingerprint density at radius 3 is 2.34 bits per heavy atom. The number of alkyl halides is 3. The van der Waals surface area contributed by atoms with E-state index in [-0.39, 0.29) is 5.69 Å². The number of halogens is 3. The number of hydrogen-bond donors (Lipinski definition) is 3. The van der Waals surface area contributed by atoms with Gasteiger partial charge in [-0.1, -0.05) is 24.6 Å². The number of aromatic nitrogens is 2. The van der Waals surface area contributed by atoms with Gasteiger partial charge in [-0.05, 0) is 80.0 Å². The van der Waals surface area contributed by atoms with Crippen LogP contribution >= 0.6 is 0 Å². The monoisotopic (exact) mass is 520 g/mol. The molecule has 2 amide bonds. The lowest BCUT2D eigenvalue weighted by molar-refractivity contribution is -0.137. The molecule has 1 fully saturated rings. The summed E-state index contributed by atoms with van der Waals surface area (Å²) in [5.74, 6) is 0.322. The number of amides is 2. The van der Waals surface area contributed by atoms with Crippen molar-refractivity contribution in [2.24, 2.45) is 0 Å². The Bertz CT molecular complexity index is 1420. The van der Waals surface area contributed by atoms with Crippen LogP contribution in [0.25, 0.3) is 10.9 Å². The van der Waals surface area contributed by atoms with E-state index in [1.807, 2.05) is 24.3 Å². The number of fused-ring (bicyclic) bond motifs is 1. The normalized spacial score (nSPS) is 14.3. The van der Waals surface area contributed by atoms with Crippen LogP contribution in [0.4, 0.5) is 40.8 Å². The summed E-state index contributed by atoms with van der Waals surface area (Å²) < 4.78 is 39.3. The average molecular weight is 521 g/mol. The highest BCUT2D eigenvalue weighted by Gasteiger charge is 2.30. The summed E-state index contributed by atoms with van der Waals surface area (Å²) in [6.07, 6.45) is 0.649.